The molecule has 0 bridgehead atoms. The number of carbonyl (C=O) groups excluding carboxylic acids is 2. The van der Waals surface area contributed by atoms with Crippen LogP contribution in [0.3, 0.4) is 0 Å². The lowest BCUT2D eigenvalue weighted by molar-refractivity contribution is -0.376. The van der Waals surface area contributed by atoms with E-state index in [1.807, 2.05) is 0 Å². The molecule has 2 fully saturated rings. The number of aromatic nitrogens is 2. The summed E-state index contributed by atoms with van der Waals surface area (Å²) in [5, 5.41) is 72.7. The third-order valence-electron chi connectivity index (χ3n) is 6.15. The highest BCUT2D eigenvalue weighted by atomic mass is 16.8. The first-order valence-corrected chi connectivity index (χ1v) is 11.9. The molecular weight excluding hydrogens is 516 g/mol. The molecule has 17 heteroatoms. The molecule has 38 heavy (non-hydrogen) atoms. The maximum Gasteiger partial charge on any atom is 0.329 e. The van der Waals surface area contributed by atoms with Gasteiger partial charge >= 0.3 is 5.97 Å². The van der Waals surface area contributed by atoms with Gasteiger partial charge in [0.1, 0.15) is 61.5 Å². The highest BCUT2D eigenvalue weighted by Gasteiger charge is 2.50. The molecular formula is C21H34N4O13. The van der Waals surface area contributed by atoms with Crippen LogP contribution in [-0.2, 0) is 35.0 Å². The topological polar surface area (TPSA) is 279 Å². The van der Waals surface area contributed by atoms with E-state index in [0.717, 1.165) is 0 Å². The van der Waals surface area contributed by atoms with Gasteiger partial charge in [0.2, 0.25) is 5.91 Å². The van der Waals surface area contributed by atoms with E-state index in [4.69, 9.17) is 24.7 Å². The predicted octanol–water partition coefficient (Wildman–Crippen LogP) is -6.05. The number of nitrogens with two attached hydrogens (primary N) is 1. The first kappa shape index (κ1) is 30.3. The Morgan fingerprint density at radius 2 is 1.61 bits per heavy atom. The summed E-state index contributed by atoms with van der Waals surface area (Å²) in [6.45, 7) is -1.33. The Balaban J connectivity index is 1.64. The highest BCUT2D eigenvalue weighted by molar-refractivity contribution is 5.84. The average Bonchev–Trinajstić information content (AvgIpc) is 3.41. The number of esters is 1. The van der Waals surface area contributed by atoms with Gasteiger partial charge in [0.25, 0.3) is 0 Å². The van der Waals surface area contributed by atoms with Crippen LogP contribution in [0.5, 0.6) is 0 Å². The average molecular weight is 551 g/mol. The van der Waals surface area contributed by atoms with E-state index in [0.29, 0.717) is 5.69 Å². The highest BCUT2D eigenvalue weighted by Crippen LogP contribution is 2.28. The van der Waals surface area contributed by atoms with Crippen LogP contribution in [0.4, 0.5) is 0 Å². The van der Waals surface area contributed by atoms with Crippen molar-refractivity contribution >= 4 is 11.9 Å². The van der Waals surface area contributed by atoms with E-state index in [1.165, 1.54) is 12.5 Å². The number of nitrogens with one attached hydrogen (secondary N) is 2. The van der Waals surface area contributed by atoms with Crippen molar-refractivity contribution in [1.29, 1.82) is 0 Å². The van der Waals surface area contributed by atoms with Gasteiger partial charge < -0.3 is 70.7 Å². The van der Waals surface area contributed by atoms with E-state index >= 15 is 0 Å². The molecule has 2 aliphatic heterocycles. The Hall–Kier alpha value is -2.29. The number of hydrogen-bond donors (Lipinski definition) is 10. The minimum absolute atomic E-state index is 0.00654. The van der Waals surface area contributed by atoms with Crippen LogP contribution in [-0.4, -0.2) is 145 Å². The van der Waals surface area contributed by atoms with Crippen LogP contribution in [0.25, 0.3) is 0 Å². The number of H-pyrrole nitrogens is 1. The Morgan fingerprint density at radius 3 is 2.16 bits per heavy atom. The molecule has 17 nitrogen and oxygen atoms in total. The molecule has 0 aromatic carbocycles. The number of hydrogen-bond acceptors (Lipinski definition) is 15. The molecule has 11 atom stereocenters. The van der Waals surface area contributed by atoms with Crippen LogP contribution in [0, 0.1) is 0 Å². The van der Waals surface area contributed by atoms with Crippen molar-refractivity contribution in [2.45, 2.75) is 80.3 Å². The van der Waals surface area contributed by atoms with Crippen LogP contribution < -0.4 is 11.1 Å². The molecule has 1 aromatic heterocycles. The predicted molar refractivity (Wildman–Crippen MR) is 120 cm³/mol. The summed E-state index contributed by atoms with van der Waals surface area (Å²) >= 11 is 0. The second-order valence-corrected chi connectivity index (χ2v) is 8.92. The second-order valence-electron chi connectivity index (χ2n) is 8.92. The Labute approximate surface area is 216 Å². The Kier molecular flexibility index (Phi) is 10.9. The summed E-state index contributed by atoms with van der Waals surface area (Å²) < 4.78 is 21.2. The molecule has 3 rings (SSSR count). The summed E-state index contributed by atoms with van der Waals surface area (Å²) in [6.07, 6.45) is -14.2. The molecule has 2 saturated heterocycles. The number of amides is 1. The van der Waals surface area contributed by atoms with Crippen molar-refractivity contribution in [2.24, 2.45) is 5.73 Å². The van der Waals surface area contributed by atoms with E-state index in [9.17, 15) is 45.3 Å². The van der Waals surface area contributed by atoms with Crippen LogP contribution in [0.1, 0.15) is 12.1 Å². The number of nitrogens with zero attached hydrogens (tertiary/aromatic N) is 1. The lowest BCUT2D eigenvalue weighted by Gasteiger charge is -2.44. The molecule has 1 aromatic rings. The maximum absolute atomic E-state index is 12.8. The standard InChI is InChI=1S/C21H34N4O13/c22-2-1-12(27)25-9(3-8-4-23-7-24-8)19(34)35-6-11-14(29)16(31)18(33)21(37-11)38-20-17(32)15(30)13(28)10(5-26)36-20/h4,7,9-11,13-18,20-21,26,28-33H,1-3,5-6,22H2,(H,23,24)(H,25,27)/t9-,10+,11+,13+,14+,15-,16-,17+,18+,20+,21+/m0/s1. The van der Waals surface area contributed by atoms with Crippen LogP contribution >= 0.6 is 0 Å². The maximum atomic E-state index is 12.8. The number of imidazole rings is 1. The normalized spacial score (nSPS) is 36.4. The molecule has 0 saturated carbocycles. The monoisotopic (exact) mass is 550 g/mol. The van der Waals surface area contributed by atoms with Gasteiger partial charge in [0.15, 0.2) is 12.6 Å². The minimum Gasteiger partial charge on any atom is -0.461 e. The van der Waals surface area contributed by atoms with Gasteiger partial charge in [0, 0.05) is 31.3 Å². The summed E-state index contributed by atoms with van der Waals surface area (Å²) in [4.78, 5) is 31.4. The number of rotatable bonds is 11. The largest absolute Gasteiger partial charge is 0.461 e. The lowest BCUT2D eigenvalue weighted by Crippen LogP contribution is -2.64. The van der Waals surface area contributed by atoms with Crippen LogP contribution in [0.15, 0.2) is 12.5 Å². The van der Waals surface area contributed by atoms with Crippen molar-refractivity contribution < 1.29 is 64.3 Å². The molecule has 0 spiro atoms. The quantitative estimate of drug-likeness (QED) is 0.115. The zero-order valence-corrected chi connectivity index (χ0v) is 20.1. The third kappa shape index (κ3) is 7.21. The van der Waals surface area contributed by atoms with Gasteiger partial charge in [-0.3, -0.25) is 4.79 Å². The minimum atomic E-state index is -1.87. The smallest absolute Gasteiger partial charge is 0.329 e. The molecule has 11 N–H and O–H groups in total. The lowest BCUT2D eigenvalue weighted by atomic mass is 9.98. The van der Waals surface area contributed by atoms with Gasteiger partial charge in [0.05, 0.1) is 12.9 Å². The number of aliphatic hydroxyl groups excluding tert-OH is 7. The van der Waals surface area contributed by atoms with Gasteiger partial charge in [-0.1, -0.05) is 0 Å². The number of aliphatic hydroxyl groups is 7. The van der Waals surface area contributed by atoms with Crippen molar-refractivity contribution in [3.8, 4) is 0 Å². The van der Waals surface area contributed by atoms with Crippen molar-refractivity contribution in [1.82, 2.24) is 15.3 Å². The van der Waals surface area contributed by atoms with E-state index in [2.05, 4.69) is 15.3 Å². The summed E-state index contributed by atoms with van der Waals surface area (Å²) in [6, 6.07) is -1.16. The Morgan fingerprint density at radius 1 is 1.00 bits per heavy atom. The molecule has 3 heterocycles. The number of carbonyl (C=O) groups is 2. The summed E-state index contributed by atoms with van der Waals surface area (Å²) in [7, 11) is 0. The van der Waals surface area contributed by atoms with Crippen LogP contribution in [0.2, 0.25) is 0 Å². The molecule has 0 radical (unpaired) electrons. The van der Waals surface area contributed by atoms with Crippen molar-refractivity contribution in [2.75, 3.05) is 19.8 Å². The first-order valence-electron chi connectivity index (χ1n) is 11.9. The fourth-order valence-electron chi connectivity index (χ4n) is 3.95. The summed E-state index contributed by atoms with van der Waals surface area (Å²) in [5.74, 6) is -1.41. The summed E-state index contributed by atoms with van der Waals surface area (Å²) in [5.41, 5.74) is 5.89. The zero-order chi connectivity index (χ0) is 28.0. The SMILES string of the molecule is NCCC(=O)N[C@@H](Cc1cnc[nH]1)C(=O)OC[C@H]1O[C@H](O[C@H]2O[C@H](CO)[C@@H](O)[C@H](O)[C@H]2O)[C@H](O)[C@@H](O)[C@@H]1O. The van der Waals surface area contributed by atoms with E-state index in [1.54, 1.807) is 0 Å². The van der Waals surface area contributed by atoms with E-state index in [-0.39, 0.29) is 19.4 Å². The molecule has 0 aliphatic carbocycles. The van der Waals surface area contributed by atoms with Gasteiger partial charge in [-0.05, 0) is 0 Å². The van der Waals surface area contributed by atoms with E-state index < -0.39 is 92.5 Å². The second kappa shape index (κ2) is 13.7. The fourth-order valence-corrected chi connectivity index (χ4v) is 3.95. The molecule has 2 aliphatic rings. The number of ether oxygens (including phenoxy) is 4. The van der Waals surface area contributed by atoms with Gasteiger partial charge in [-0.2, -0.15) is 0 Å². The molecule has 1 amide bonds. The zero-order valence-electron chi connectivity index (χ0n) is 20.1. The third-order valence-corrected chi connectivity index (χ3v) is 6.15. The Bertz CT molecular complexity index is 890. The fraction of sp³-hybridized carbons (Fsp3) is 0.762. The molecule has 0 unspecified atom stereocenters. The first-order chi connectivity index (χ1) is 18.1. The van der Waals surface area contributed by atoms with Crippen molar-refractivity contribution in [3.05, 3.63) is 18.2 Å². The number of aromatic amines is 1. The van der Waals surface area contributed by atoms with Gasteiger partial charge in [-0.15, -0.1) is 0 Å². The van der Waals surface area contributed by atoms with Gasteiger partial charge in [-0.25, -0.2) is 9.78 Å². The molecule has 216 valence electrons. The van der Waals surface area contributed by atoms with Crippen molar-refractivity contribution in [3.63, 3.8) is 0 Å².